The summed E-state index contributed by atoms with van der Waals surface area (Å²) in [4.78, 5) is 12.0. The van der Waals surface area contributed by atoms with E-state index >= 15 is 0 Å². The van der Waals surface area contributed by atoms with Gasteiger partial charge < -0.3 is 9.73 Å². The van der Waals surface area contributed by atoms with Crippen LogP contribution in [-0.2, 0) is 4.79 Å². The van der Waals surface area contributed by atoms with Crippen LogP contribution in [0.4, 0.5) is 5.69 Å². The van der Waals surface area contributed by atoms with Gasteiger partial charge in [0.05, 0.1) is 15.8 Å². The lowest BCUT2D eigenvalue weighted by molar-refractivity contribution is -0.113. The minimum atomic E-state index is -0.209. The second kappa shape index (κ2) is 7.91. The van der Waals surface area contributed by atoms with Gasteiger partial charge in [-0.15, -0.1) is 10.2 Å². The summed E-state index contributed by atoms with van der Waals surface area (Å²) in [5.41, 5.74) is 2.49. The lowest BCUT2D eigenvalue weighted by Crippen LogP contribution is -2.13. The Hall–Kier alpha value is -2.02. The highest BCUT2D eigenvalue weighted by Gasteiger charge is 2.13. The number of thioether (sulfide) groups is 1. The van der Waals surface area contributed by atoms with Crippen LogP contribution in [0.25, 0.3) is 11.5 Å². The van der Waals surface area contributed by atoms with Gasteiger partial charge in [0.1, 0.15) is 0 Å². The van der Waals surface area contributed by atoms with Crippen molar-refractivity contribution < 1.29 is 9.21 Å². The first kappa shape index (κ1) is 17.8. The molecule has 0 spiro atoms. The van der Waals surface area contributed by atoms with Crippen LogP contribution >= 0.6 is 35.0 Å². The number of aryl methyl sites for hydroxylation is 1. The highest BCUT2D eigenvalue weighted by Crippen LogP contribution is 2.27. The SMILES string of the molecule is Cc1ccccc1-c1nnc(SCC(=O)Nc2ccc(Cl)c(Cl)c2)o1. The summed E-state index contributed by atoms with van der Waals surface area (Å²) >= 11 is 12.9. The number of anilines is 1. The van der Waals surface area contributed by atoms with Crippen molar-refractivity contribution in [2.45, 2.75) is 12.1 Å². The number of benzene rings is 2. The van der Waals surface area contributed by atoms with Gasteiger partial charge in [-0.1, -0.05) is 53.2 Å². The Morgan fingerprint density at radius 2 is 1.96 bits per heavy atom. The molecule has 0 aliphatic carbocycles. The fourth-order valence-electron chi connectivity index (χ4n) is 2.09. The summed E-state index contributed by atoms with van der Waals surface area (Å²) in [6.07, 6.45) is 0. The summed E-state index contributed by atoms with van der Waals surface area (Å²) in [5.74, 6) is 0.361. The van der Waals surface area contributed by atoms with Crippen molar-refractivity contribution >= 4 is 46.6 Å². The summed E-state index contributed by atoms with van der Waals surface area (Å²) in [6.45, 7) is 1.97. The van der Waals surface area contributed by atoms with Crippen molar-refractivity contribution in [1.82, 2.24) is 10.2 Å². The maximum absolute atomic E-state index is 12.0. The maximum Gasteiger partial charge on any atom is 0.277 e. The van der Waals surface area contributed by atoms with Gasteiger partial charge in [0, 0.05) is 11.3 Å². The van der Waals surface area contributed by atoms with Crippen LogP contribution < -0.4 is 5.32 Å². The van der Waals surface area contributed by atoms with Gasteiger partial charge in [0.15, 0.2) is 0 Å². The smallest absolute Gasteiger partial charge is 0.277 e. The molecule has 128 valence electrons. The Balaban J connectivity index is 1.59. The third kappa shape index (κ3) is 4.54. The quantitative estimate of drug-likeness (QED) is 0.611. The molecule has 1 amide bonds. The maximum atomic E-state index is 12.0. The molecular weight excluding hydrogens is 381 g/mol. The Bertz CT molecular complexity index is 914. The molecule has 0 atom stereocenters. The van der Waals surface area contributed by atoms with Gasteiger partial charge in [-0.25, -0.2) is 0 Å². The molecule has 0 saturated heterocycles. The topological polar surface area (TPSA) is 68.0 Å². The monoisotopic (exact) mass is 393 g/mol. The first-order valence-electron chi connectivity index (χ1n) is 7.30. The molecule has 2 aromatic carbocycles. The van der Waals surface area contributed by atoms with Crippen molar-refractivity contribution in [3.8, 4) is 11.5 Å². The molecule has 25 heavy (non-hydrogen) atoms. The van der Waals surface area contributed by atoms with Gasteiger partial charge in [-0.05, 0) is 36.8 Å². The van der Waals surface area contributed by atoms with Crippen LogP contribution in [0.15, 0.2) is 52.1 Å². The zero-order valence-electron chi connectivity index (χ0n) is 13.1. The first-order chi connectivity index (χ1) is 12.0. The van der Waals surface area contributed by atoms with Crippen molar-refractivity contribution in [2.75, 3.05) is 11.1 Å². The van der Waals surface area contributed by atoms with E-state index in [-0.39, 0.29) is 11.7 Å². The molecule has 0 saturated carbocycles. The van der Waals surface area contributed by atoms with Gasteiger partial charge in [0.2, 0.25) is 11.8 Å². The number of aromatic nitrogens is 2. The number of halogens is 2. The van der Waals surface area contributed by atoms with Crippen LogP contribution in [0.5, 0.6) is 0 Å². The third-order valence-corrected chi connectivity index (χ3v) is 4.87. The van der Waals surface area contributed by atoms with Gasteiger partial charge in [-0.2, -0.15) is 0 Å². The number of hydrogen-bond acceptors (Lipinski definition) is 5. The Labute approximate surface area is 158 Å². The number of rotatable bonds is 5. The fraction of sp³-hybridized carbons (Fsp3) is 0.118. The standard InChI is InChI=1S/C17H13Cl2N3O2S/c1-10-4-2-3-5-12(10)16-21-22-17(24-16)25-9-15(23)20-11-6-7-13(18)14(19)8-11/h2-8H,9H2,1H3,(H,20,23). The lowest BCUT2D eigenvalue weighted by Gasteiger charge is -2.05. The van der Waals surface area contributed by atoms with Crippen molar-refractivity contribution in [3.05, 3.63) is 58.1 Å². The van der Waals surface area contributed by atoms with E-state index < -0.39 is 0 Å². The molecule has 0 fully saturated rings. The average molecular weight is 394 g/mol. The summed E-state index contributed by atoms with van der Waals surface area (Å²) in [5, 5.41) is 11.9. The van der Waals surface area contributed by atoms with E-state index in [1.165, 1.54) is 11.8 Å². The number of nitrogens with one attached hydrogen (secondary N) is 1. The summed E-state index contributed by atoms with van der Waals surface area (Å²) in [6, 6.07) is 12.6. The van der Waals surface area contributed by atoms with Crippen LogP contribution in [0.2, 0.25) is 10.0 Å². The summed E-state index contributed by atoms with van der Waals surface area (Å²) in [7, 11) is 0. The van der Waals surface area contributed by atoms with E-state index in [9.17, 15) is 4.79 Å². The molecule has 8 heteroatoms. The average Bonchev–Trinajstić information content (AvgIpc) is 3.05. The first-order valence-corrected chi connectivity index (χ1v) is 9.04. The molecule has 0 aliphatic heterocycles. The molecule has 0 radical (unpaired) electrons. The third-order valence-electron chi connectivity index (χ3n) is 3.31. The normalized spacial score (nSPS) is 10.7. The molecule has 0 unspecified atom stereocenters. The van der Waals surface area contributed by atoms with Crippen molar-refractivity contribution in [1.29, 1.82) is 0 Å². The highest BCUT2D eigenvalue weighted by atomic mass is 35.5. The summed E-state index contributed by atoms with van der Waals surface area (Å²) < 4.78 is 5.61. The second-order valence-electron chi connectivity index (χ2n) is 5.15. The number of amides is 1. The Morgan fingerprint density at radius 1 is 1.16 bits per heavy atom. The van der Waals surface area contributed by atoms with Gasteiger partial charge in [-0.3, -0.25) is 4.79 Å². The lowest BCUT2D eigenvalue weighted by atomic mass is 10.1. The van der Waals surface area contributed by atoms with Crippen molar-refractivity contribution in [2.24, 2.45) is 0 Å². The largest absolute Gasteiger partial charge is 0.411 e. The molecule has 0 bridgehead atoms. The fourth-order valence-corrected chi connectivity index (χ4v) is 2.95. The van der Waals surface area contributed by atoms with Crippen LogP contribution in [0, 0.1) is 6.92 Å². The Kier molecular flexibility index (Phi) is 5.63. The van der Waals surface area contributed by atoms with Crippen LogP contribution in [0.1, 0.15) is 5.56 Å². The molecule has 3 aromatic rings. The second-order valence-corrected chi connectivity index (χ2v) is 6.89. The van der Waals surface area contributed by atoms with Crippen LogP contribution in [0.3, 0.4) is 0 Å². The number of nitrogens with zero attached hydrogens (tertiary/aromatic N) is 2. The molecule has 1 aromatic heterocycles. The minimum Gasteiger partial charge on any atom is -0.411 e. The number of carbonyl (C=O) groups excluding carboxylic acids is 1. The molecule has 0 aliphatic rings. The van der Waals surface area contributed by atoms with E-state index in [4.69, 9.17) is 27.6 Å². The minimum absolute atomic E-state index is 0.135. The predicted molar refractivity (Wildman–Crippen MR) is 100 cm³/mol. The molecule has 1 heterocycles. The van der Waals surface area contributed by atoms with E-state index in [2.05, 4.69) is 15.5 Å². The van der Waals surface area contributed by atoms with E-state index in [1.807, 2.05) is 31.2 Å². The molecular formula is C17H13Cl2N3O2S. The molecule has 3 rings (SSSR count). The highest BCUT2D eigenvalue weighted by molar-refractivity contribution is 7.99. The van der Waals surface area contributed by atoms with Crippen LogP contribution in [-0.4, -0.2) is 21.9 Å². The van der Waals surface area contributed by atoms with E-state index in [0.29, 0.717) is 26.8 Å². The van der Waals surface area contributed by atoms with E-state index in [0.717, 1.165) is 11.1 Å². The zero-order chi connectivity index (χ0) is 17.8. The Morgan fingerprint density at radius 3 is 2.72 bits per heavy atom. The predicted octanol–water partition coefficient (Wildman–Crippen LogP) is 5.08. The zero-order valence-corrected chi connectivity index (χ0v) is 15.5. The van der Waals surface area contributed by atoms with E-state index in [1.54, 1.807) is 18.2 Å². The molecule has 1 N–H and O–H groups in total. The molecule has 5 nitrogen and oxygen atoms in total. The van der Waals surface area contributed by atoms with Gasteiger partial charge in [0.25, 0.3) is 5.22 Å². The number of hydrogen-bond donors (Lipinski definition) is 1. The van der Waals surface area contributed by atoms with Crippen molar-refractivity contribution in [3.63, 3.8) is 0 Å². The number of carbonyl (C=O) groups is 1. The van der Waals surface area contributed by atoms with Gasteiger partial charge >= 0.3 is 0 Å².